The number of hydrogen-bond acceptors (Lipinski definition) is 4. The maximum atomic E-state index is 12.2. The molecule has 0 unspecified atom stereocenters. The van der Waals surface area contributed by atoms with Gasteiger partial charge in [-0.05, 0) is 36.8 Å². The largest absolute Gasteiger partial charge is 0.496 e. The van der Waals surface area contributed by atoms with Crippen molar-refractivity contribution in [1.29, 1.82) is 0 Å². The molecule has 0 spiro atoms. The summed E-state index contributed by atoms with van der Waals surface area (Å²) in [5.41, 5.74) is 2.75. The van der Waals surface area contributed by atoms with Crippen LogP contribution in [0.5, 0.6) is 5.75 Å². The van der Waals surface area contributed by atoms with Crippen LogP contribution >= 0.6 is 0 Å². The normalized spacial score (nSPS) is 10.5. The number of nitrogens with one attached hydrogen (secondary N) is 3. The number of hydrogen-bond donors (Lipinski definition) is 3. The van der Waals surface area contributed by atoms with Crippen LogP contribution in [0.3, 0.4) is 0 Å². The van der Waals surface area contributed by atoms with Crippen molar-refractivity contribution in [3.8, 4) is 5.75 Å². The molecule has 2 amide bonds. The summed E-state index contributed by atoms with van der Waals surface area (Å²) < 4.78 is 5.19. The molecule has 2 aromatic carbocycles. The second-order valence-electron chi connectivity index (χ2n) is 5.86. The van der Waals surface area contributed by atoms with Crippen LogP contribution < -0.4 is 15.4 Å². The summed E-state index contributed by atoms with van der Waals surface area (Å²) in [7, 11) is 1.60. The number of amides is 2. The molecule has 0 saturated carbocycles. The molecule has 3 aromatic rings. The third-order valence-corrected chi connectivity index (χ3v) is 4.00. The summed E-state index contributed by atoms with van der Waals surface area (Å²) in [5, 5.41) is 13.1. The van der Waals surface area contributed by atoms with Gasteiger partial charge in [-0.3, -0.25) is 14.7 Å². The van der Waals surface area contributed by atoms with Crippen LogP contribution in [-0.4, -0.2) is 35.7 Å². The van der Waals surface area contributed by atoms with Crippen LogP contribution in [0.4, 0.5) is 5.69 Å². The first-order valence-electron chi connectivity index (χ1n) is 8.24. The fourth-order valence-electron chi connectivity index (χ4n) is 2.69. The molecule has 1 heterocycles. The van der Waals surface area contributed by atoms with E-state index in [1.165, 1.54) is 0 Å². The molecule has 0 atom stereocenters. The van der Waals surface area contributed by atoms with E-state index in [9.17, 15) is 9.59 Å². The molecule has 0 fully saturated rings. The Kier molecular flexibility index (Phi) is 5.17. The lowest BCUT2D eigenvalue weighted by molar-refractivity contribution is -0.116. The highest BCUT2D eigenvalue weighted by atomic mass is 16.5. The molecule has 0 radical (unpaired) electrons. The van der Waals surface area contributed by atoms with Gasteiger partial charge in [0.25, 0.3) is 5.91 Å². The number of nitrogens with zero attached hydrogens (tertiary/aromatic N) is 1. The third-order valence-electron chi connectivity index (χ3n) is 4.00. The van der Waals surface area contributed by atoms with Gasteiger partial charge in [0.1, 0.15) is 5.75 Å². The van der Waals surface area contributed by atoms with Gasteiger partial charge in [0.05, 0.1) is 12.6 Å². The molecule has 7 heteroatoms. The van der Waals surface area contributed by atoms with E-state index in [0.717, 1.165) is 22.2 Å². The topological polar surface area (TPSA) is 96.1 Å². The van der Waals surface area contributed by atoms with Crippen molar-refractivity contribution in [2.45, 2.75) is 13.3 Å². The molecule has 3 N–H and O–H groups in total. The molecular formula is C19H20N4O3. The van der Waals surface area contributed by atoms with Crippen molar-refractivity contribution in [2.75, 3.05) is 19.0 Å². The Labute approximate surface area is 150 Å². The number of ether oxygens (including phenoxy) is 1. The summed E-state index contributed by atoms with van der Waals surface area (Å²) in [5.74, 6) is 0.277. The van der Waals surface area contributed by atoms with Gasteiger partial charge >= 0.3 is 0 Å². The average molecular weight is 352 g/mol. The van der Waals surface area contributed by atoms with Crippen molar-refractivity contribution >= 4 is 28.4 Å². The minimum atomic E-state index is -0.310. The number of para-hydroxylation sites is 1. The summed E-state index contributed by atoms with van der Waals surface area (Å²) in [4.78, 5) is 24.3. The highest BCUT2D eigenvalue weighted by molar-refractivity contribution is 6.04. The van der Waals surface area contributed by atoms with Gasteiger partial charge in [-0.2, -0.15) is 5.10 Å². The second kappa shape index (κ2) is 7.69. The maximum Gasteiger partial charge on any atom is 0.272 e. The minimum absolute atomic E-state index is 0.166. The number of anilines is 1. The quantitative estimate of drug-likeness (QED) is 0.635. The van der Waals surface area contributed by atoms with Crippen molar-refractivity contribution in [3.05, 3.63) is 53.7 Å². The average Bonchev–Trinajstić information content (AvgIpc) is 3.06. The summed E-state index contributed by atoms with van der Waals surface area (Å²) >= 11 is 0. The van der Waals surface area contributed by atoms with Gasteiger partial charge in [-0.15, -0.1) is 0 Å². The smallest absolute Gasteiger partial charge is 0.272 e. The first-order chi connectivity index (χ1) is 12.6. The van der Waals surface area contributed by atoms with E-state index in [1.807, 2.05) is 37.3 Å². The highest BCUT2D eigenvalue weighted by Crippen LogP contribution is 2.21. The highest BCUT2D eigenvalue weighted by Gasteiger charge is 2.13. The molecule has 0 bridgehead atoms. The summed E-state index contributed by atoms with van der Waals surface area (Å²) in [6, 6.07) is 12.8. The maximum absolute atomic E-state index is 12.2. The Morgan fingerprint density at radius 2 is 2.00 bits per heavy atom. The van der Waals surface area contributed by atoms with Gasteiger partial charge < -0.3 is 15.4 Å². The van der Waals surface area contributed by atoms with E-state index < -0.39 is 0 Å². The van der Waals surface area contributed by atoms with Gasteiger partial charge in [-0.25, -0.2) is 0 Å². The minimum Gasteiger partial charge on any atom is -0.496 e. The number of methoxy groups -OCH3 is 1. The Morgan fingerprint density at radius 1 is 1.19 bits per heavy atom. The summed E-state index contributed by atoms with van der Waals surface area (Å²) in [6.45, 7) is 2.13. The number of carbonyl (C=O) groups excluding carboxylic acids is 2. The fourth-order valence-corrected chi connectivity index (χ4v) is 2.69. The molecule has 7 nitrogen and oxygen atoms in total. The Morgan fingerprint density at radius 3 is 2.77 bits per heavy atom. The number of fused-ring (bicyclic) bond motifs is 1. The first kappa shape index (κ1) is 17.5. The summed E-state index contributed by atoms with van der Waals surface area (Å²) in [6.07, 6.45) is 0.166. The van der Waals surface area contributed by atoms with E-state index in [-0.39, 0.29) is 24.8 Å². The zero-order chi connectivity index (χ0) is 18.5. The molecule has 0 aliphatic carbocycles. The van der Waals surface area contributed by atoms with Crippen LogP contribution in [0.25, 0.3) is 10.9 Å². The van der Waals surface area contributed by atoms with Crippen molar-refractivity contribution in [1.82, 2.24) is 15.5 Å². The molecule has 1 aromatic heterocycles. The predicted molar refractivity (Wildman–Crippen MR) is 99.4 cm³/mol. The Bertz CT molecular complexity index is 949. The second-order valence-corrected chi connectivity index (χ2v) is 5.86. The van der Waals surface area contributed by atoms with E-state index in [4.69, 9.17) is 4.74 Å². The van der Waals surface area contributed by atoms with Crippen LogP contribution in [0, 0.1) is 6.92 Å². The van der Waals surface area contributed by atoms with Crippen molar-refractivity contribution in [2.24, 2.45) is 0 Å². The number of benzene rings is 2. The van der Waals surface area contributed by atoms with E-state index in [2.05, 4.69) is 20.8 Å². The predicted octanol–water partition coefficient (Wildman–Crippen LogP) is 2.64. The number of aromatic amines is 1. The standard InChI is InChI=1S/C19H20N4O3/c1-12-11-13(7-8-16(12)26-2)21-17(24)9-10-20-19(25)18-14-5-3-4-6-15(14)22-23-18/h3-8,11H,9-10H2,1-2H3,(H,20,25)(H,21,24)(H,22,23). The first-order valence-corrected chi connectivity index (χ1v) is 8.24. The zero-order valence-electron chi connectivity index (χ0n) is 14.6. The zero-order valence-corrected chi connectivity index (χ0v) is 14.6. The fraction of sp³-hybridized carbons (Fsp3) is 0.211. The molecule has 0 saturated heterocycles. The molecule has 3 rings (SSSR count). The molecule has 0 aliphatic heterocycles. The van der Waals surface area contributed by atoms with E-state index in [1.54, 1.807) is 19.2 Å². The van der Waals surface area contributed by atoms with Crippen LogP contribution in [-0.2, 0) is 4.79 Å². The van der Waals surface area contributed by atoms with Gasteiger partial charge in [-0.1, -0.05) is 18.2 Å². The van der Waals surface area contributed by atoms with E-state index in [0.29, 0.717) is 11.4 Å². The Balaban J connectivity index is 1.52. The van der Waals surface area contributed by atoms with Crippen LogP contribution in [0.15, 0.2) is 42.5 Å². The van der Waals surface area contributed by atoms with Crippen molar-refractivity contribution in [3.63, 3.8) is 0 Å². The van der Waals surface area contributed by atoms with E-state index >= 15 is 0 Å². The lowest BCUT2D eigenvalue weighted by atomic mass is 10.2. The third kappa shape index (κ3) is 3.83. The SMILES string of the molecule is COc1ccc(NC(=O)CCNC(=O)c2n[nH]c3ccccc23)cc1C. The number of H-pyrrole nitrogens is 1. The monoisotopic (exact) mass is 352 g/mol. The van der Waals surface area contributed by atoms with Gasteiger partial charge in [0.2, 0.25) is 5.91 Å². The molecule has 26 heavy (non-hydrogen) atoms. The van der Waals surface area contributed by atoms with Crippen LogP contribution in [0.2, 0.25) is 0 Å². The van der Waals surface area contributed by atoms with Crippen molar-refractivity contribution < 1.29 is 14.3 Å². The lowest BCUT2D eigenvalue weighted by Crippen LogP contribution is -2.28. The van der Waals surface area contributed by atoms with Gasteiger partial charge in [0.15, 0.2) is 5.69 Å². The Hall–Kier alpha value is -3.35. The van der Waals surface area contributed by atoms with Gasteiger partial charge in [0, 0.05) is 24.0 Å². The molecular weight excluding hydrogens is 332 g/mol. The lowest BCUT2D eigenvalue weighted by Gasteiger charge is -2.09. The number of carbonyl (C=O) groups is 2. The number of rotatable bonds is 6. The molecule has 134 valence electrons. The number of aryl methyl sites for hydroxylation is 1. The molecule has 0 aliphatic rings. The van der Waals surface area contributed by atoms with Crippen LogP contribution in [0.1, 0.15) is 22.5 Å². The number of aromatic nitrogens is 2.